The minimum absolute atomic E-state index is 0.0462. The van der Waals surface area contributed by atoms with Crippen LogP contribution in [0.2, 0.25) is 0 Å². The fourth-order valence-corrected chi connectivity index (χ4v) is 3.94. The van der Waals surface area contributed by atoms with Crippen LogP contribution < -0.4 is 10.6 Å². The number of benzene rings is 2. The van der Waals surface area contributed by atoms with Crippen molar-refractivity contribution in [2.45, 2.75) is 39.2 Å². The summed E-state index contributed by atoms with van der Waals surface area (Å²) >= 11 is 0. The molecular weight excluding hydrogens is 518 g/mol. The lowest BCUT2D eigenvalue weighted by Crippen LogP contribution is -2.43. The zero-order chi connectivity index (χ0) is 28.9. The predicted molar refractivity (Wildman–Crippen MR) is 145 cm³/mol. The van der Waals surface area contributed by atoms with E-state index in [1.54, 1.807) is 0 Å². The van der Waals surface area contributed by atoms with Crippen molar-refractivity contribution < 1.29 is 38.6 Å². The number of carbonyl (C=O) groups is 4. The van der Waals surface area contributed by atoms with Crippen LogP contribution in [0, 0.1) is 5.92 Å². The van der Waals surface area contributed by atoms with Gasteiger partial charge in [0.2, 0.25) is 12.3 Å². The van der Waals surface area contributed by atoms with Gasteiger partial charge in [0.15, 0.2) is 5.76 Å². The monoisotopic (exact) mass is 551 g/mol. The molecule has 212 valence electrons. The summed E-state index contributed by atoms with van der Waals surface area (Å²) in [5.74, 6) is -2.97. The third-order valence-corrected chi connectivity index (χ3v) is 6.14. The van der Waals surface area contributed by atoms with Crippen molar-refractivity contribution in [3.8, 4) is 17.1 Å². The van der Waals surface area contributed by atoms with Crippen LogP contribution in [0.25, 0.3) is 11.3 Å². The number of aromatic carboxylic acids is 1. The van der Waals surface area contributed by atoms with Crippen molar-refractivity contribution >= 4 is 24.2 Å². The second-order valence-corrected chi connectivity index (χ2v) is 9.08. The number of amides is 3. The SMILES string of the molecule is CCCCCC(CN(C=O)OCc1ccccc1)C(=O)NCNC(=O)c1ccc(-c2ccc(O)c(C(=O)O)c2)o1. The van der Waals surface area contributed by atoms with E-state index in [2.05, 4.69) is 17.6 Å². The van der Waals surface area contributed by atoms with E-state index in [0.29, 0.717) is 18.4 Å². The summed E-state index contributed by atoms with van der Waals surface area (Å²) in [4.78, 5) is 54.0. The minimum Gasteiger partial charge on any atom is -0.507 e. The molecule has 3 aromatic rings. The van der Waals surface area contributed by atoms with Crippen molar-refractivity contribution in [1.29, 1.82) is 0 Å². The molecule has 40 heavy (non-hydrogen) atoms. The molecule has 3 rings (SSSR count). The van der Waals surface area contributed by atoms with Crippen molar-refractivity contribution in [2.75, 3.05) is 13.2 Å². The standard InChI is InChI=1S/C29H33N3O8/c1-2-3-5-10-22(16-32(19-33)39-17-20-8-6-4-7-9-20)27(35)30-18-31-28(36)26-14-13-25(40-26)21-11-12-24(34)23(15-21)29(37)38/h4,6-9,11-15,19,22,34H,2-3,5,10,16-18H2,1H3,(H,30,35)(H,31,36)(H,37,38). The summed E-state index contributed by atoms with van der Waals surface area (Å²) < 4.78 is 5.55. The number of carboxylic acids is 1. The lowest BCUT2D eigenvalue weighted by Gasteiger charge is -2.23. The summed E-state index contributed by atoms with van der Waals surface area (Å²) in [6.45, 7) is 2.13. The van der Waals surface area contributed by atoms with E-state index in [1.165, 1.54) is 30.3 Å². The number of phenols is 1. The molecule has 0 aliphatic heterocycles. The number of nitrogens with one attached hydrogen (secondary N) is 2. The first-order valence-corrected chi connectivity index (χ1v) is 12.9. The maximum atomic E-state index is 12.9. The highest BCUT2D eigenvalue weighted by molar-refractivity contribution is 5.93. The Labute approximate surface area is 231 Å². The molecule has 0 saturated heterocycles. The average molecular weight is 552 g/mol. The summed E-state index contributed by atoms with van der Waals surface area (Å²) in [6.07, 6.45) is 3.79. The quantitative estimate of drug-likeness (QED) is 0.0902. The van der Waals surface area contributed by atoms with Gasteiger partial charge in [0, 0.05) is 5.56 Å². The molecule has 0 saturated carbocycles. The summed E-state index contributed by atoms with van der Waals surface area (Å²) in [6, 6.07) is 16.2. The lowest BCUT2D eigenvalue weighted by molar-refractivity contribution is -0.182. The zero-order valence-electron chi connectivity index (χ0n) is 22.2. The van der Waals surface area contributed by atoms with E-state index >= 15 is 0 Å². The van der Waals surface area contributed by atoms with Crippen molar-refractivity contribution in [3.05, 3.63) is 77.6 Å². The summed E-state index contributed by atoms with van der Waals surface area (Å²) in [5.41, 5.74) is 0.958. The van der Waals surface area contributed by atoms with Crippen molar-refractivity contribution in [3.63, 3.8) is 0 Å². The van der Waals surface area contributed by atoms with Crippen LogP contribution in [-0.2, 0) is 21.0 Å². The number of furan rings is 1. The van der Waals surface area contributed by atoms with Crippen LogP contribution in [-0.4, -0.2) is 52.7 Å². The molecule has 1 aromatic heterocycles. The molecule has 0 spiro atoms. The first-order chi connectivity index (χ1) is 19.3. The fourth-order valence-electron chi connectivity index (χ4n) is 3.94. The van der Waals surface area contributed by atoms with Gasteiger partial charge in [-0.05, 0) is 42.3 Å². The number of aromatic hydroxyl groups is 1. The molecule has 3 amide bonds. The highest BCUT2D eigenvalue weighted by Crippen LogP contribution is 2.27. The molecule has 0 aliphatic rings. The molecule has 1 heterocycles. The number of hydrogen-bond acceptors (Lipinski definition) is 7. The van der Waals surface area contributed by atoms with Crippen molar-refractivity contribution in [2.24, 2.45) is 5.92 Å². The molecule has 0 radical (unpaired) electrons. The molecule has 11 nitrogen and oxygen atoms in total. The van der Waals surface area contributed by atoms with E-state index < -0.39 is 17.8 Å². The lowest BCUT2D eigenvalue weighted by atomic mass is 10.0. The van der Waals surface area contributed by atoms with Crippen LogP contribution >= 0.6 is 0 Å². The fraction of sp³-hybridized carbons (Fsp3) is 0.310. The van der Waals surface area contributed by atoms with Gasteiger partial charge >= 0.3 is 5.97 Å². The van der Waals surface area contributed by atoms with Gasteiger partial charge in [-0.15, -0.1) is 0 Å². The summed E-state index contributed by atoms with van der Waals surface area (Å²) in [7, 11) is 0. The topological polar surface area (TPSA) is 158 Å². The van der Waals surface area contributed by atoms with Gasteiger partial charge < -0.3 is 25.3 Å². The van der Waals surface area contributed by atoms with E-state index in [4.69, 9.17) is 9.25 Å². The molecule has 1 atom stereocenters. The minimum atomic E-state index is -1.30. The Morgan fingerprint density at radius 3 is 2.52 bits per heavy atom. The molecule has 2 aromatic carbocycles. The number of rotatable bonds is 16. The van der Waals surface area contributed by atoms with Gasteiger partial charge in [0.05, 0.1) is 19.1 Å². The van der Waals surface area contributed by atoms with Crippen LogP contribution in [0.3, 0.4) is 0 Å². The van der Waals surface area contributed by atoms with Crippen molar-refractivity contribution in [1.82, 2.24) is 15.7 Å². The number of hydroxylamine groups is 2. The first-order valence-electron chi connectivity index (χ1n) is 12.9. The van der Waals surface area contributed by atoms with Crippen LogP contribution in [0.5, 0.6) is 5.75 Å². The second-order valence-electron chi connectivity index (χ2n) is 9.08. The van der Waals surface area contributed by atoms with Gasteiger partial charge in [-0.3, -0.25) is 19.2 Å². The third kappa shape index (κ3) is 8.70. The molecule has 4 N–H and O–H groups in total. The number of carbonyl (C=O) groups excluding carboxylic acids is 3. The average Bonchev–Trinajstić information content (AvgIpc) is 3.45. The number of carboxylic acid groups (broad SMARTS) is 1. The third-order valence-electron chi connectivity index (χ3n) is 6.14. The normalized spacial score (nSPS) is 11.4. The van der Waals surface area contributed by atoms with Crippen LogP contribution in [0.1, 0.15) is 59.1 Å². The number of nitrogens with zero attached hydrogens (tertiary/aromatic N) is 1. The maximum Gasteiger partial charge on any atom is 0.339 e. The predicted octanol–water partition coefficient (Wildman–Crippen LogP) is 3.94. The Balaban J connectivity index is 1.55. The van der Waals surface area contributed by atoms with E-state index in [0.717, 1.165) is 29.9 Å². The highest BCUT2D eigenvalue weighted by Gasteiger charge is 2.22. The molecule has 1 unspecified atom stereocenters. The molecule has 0 aliphatic carbocycles. The van der Waals surface area contributed by atoms with Crippen LogP contribution in [0.4, 0.5) is 0 Å². The summed E-state index contributed by atoms with van der Waals surface area (Å²) in [5, 5.41) is 25.2. The van der Waals surface area contributed by atoms with Gasteiger partial charge in [0.25, 0.3) is 5.91 Å². The van der Waals surface area contributed by atoms with Gasteiger partial charge in [0.1, 0.15) is 23.7 Å². The van der Waals surface area contributed by atoms with Gasteiger partial charge in [-0.1, -0.05) is 56.5 Å². The second kappa shape index (κ2) is 15.1. The Morgan fingerprint density at radius 2 is 1.82 bits per heavy atom. The number of hydrogen-bond donors (Lipinski definition) is 4. The smallest absolute Gasteiger partial charge is 0.339 e. The van der Waals surface area contributed by atoms with E-state index in [9.17, 15) is 29.4 Å². The van der Waals surface area contributed by atoms with E-state index in [-0.39, 0.29) is 48.6 Å². The Bertz CT molecular complexity index is 1290. The first kappa shape index (κ1) is 29.9. The molecular formula is C29H33N3O8. The Kier molecular flexibility index (Phi) is 11.3. The molecule has 0 fully saturated rings. The number of unbranched alkanes of at least 4 members (excludes halogenated alkanes) is 2. The van der Waals surface area contributed by atoms with E-state index in [1.807, 2.05) is 30.3 Å². The van der Waals surface area contributed by atoms with Gasteiger partial charge in [-0.25, -0.2) is 9.86 Å². The zero-order valence-corrected chi connectivity index (χ0v) is 22.2. The Hall–Kier alpha value is -4.64. The Morgan fingerprint density at radius 1 is 1.05 bits per heavy atom. The molecule has 11 heteroatoms. The van der Waals surface area contributed by atoms with Crippen LogP contribution in [0.15, 0.2) is 65.1 Å². The highest BCUT2D eigenvalue weighted by atomic mass is 16.7. The largest absolute Gasteiger partial charge is 0.507 e. The maximum absolute atomic E-state index is 12.9. The molecule has 0 bridgehead atoms. The van der Waals surface area contributed by atoms with Gasteiger partial charge in [-0.2, -0.15) is 0 Å².